The molecule has 1 unspecified atom stereocenters. The van der Waals surface area contributed by atoms with Gasteiger partial charge in [-0.1, -0.05) is 20.8 Å². The van der Waals surface area contributed by atoms with Crippen LogP contribution in [0.15, 0.2) is 0 Å². The normalized spacial score (nSPS) is 12.6. The first-order valence-corrected chi connectivity index (χ1v) is 3.50. The topological polar surface area (TPSA) is 46.2 Å². The van der Waals surface area contributed by atoms with E-state index in [4.69, 9.17) is 0 Å². The summed E-state index contributed by atoms with van der Waals surface area (Å²) in [4.78, 5) is 20.0. The number of hydrogen-bond donors (Lipinski definition) is 1. The van der Waals surface area contributed by atoms with Gasteiger partial charge in [0.2, 0.25) is 0 Å². The van der Waals surface area contributed by atoms with E-state index in [1.165, 1.54) is 0 Å². The Morgan fingerprint density at radius 1 is 1.33 bits per heavy atom. The maximum absolute atomic E-state index is 10.0. The molecule has 0 aliphatic rings. The van der Waals surface area contributed by atoms with Crippen LogP contribution in [0, 0.1) is 5.41 Å². The molecule has 0 saturated carbocycles. The van der Waals surface area contributed by atoms with Crippen molar-refractivity contribution >= 4 is 12.7 Å². The van der Waals surface area contributed by atoms with Crippen molar-refractivity contribution in [3.05, 3.63) is 0 Å². The average Bonchev–Trinajstić information content (AvgIpc) is 1.85. The molecule has 0 aromatic rings. The summed E-state index contributed by atoms with van der Waals surface area (Å²) in [7, 11) is 0. The maximum atomic E-state index is 10.0. The van der Waals surface area contributed by atoms with Gasteiger partial charge in [-0.15, -0.1) is 6.42 Å². The molecule has 1 atom stereocenters. The number of nitrogens with one attached hydrogen (secondary N) is 1. The van der Waals surface area contributed by atoms with Gasteiger partial charge in [0, 0.05) is 32.7 Å². The Morgan fingerprint density at radius 2 is 1.83 bits per heavy atom. The van der Waals surface area contributed by atoms with Crippen LogP contribution in [0.1, 0.15) is 27.2 Å². The van der Waals surface area contributed by atoms with Crippen molar-refractivity contribution in [2.75, 3.05) is 0 Å². The first-order chi connectivity index (χ1) is 5.02. The van der Waals surface area contributed by atoms with Crippen LogP contribution >= 0.6 is 0 Å². The van der Waals surface area contributed by atoms with Crippen molar-refractivity contribution in [2.45, 2.75) is 33.2 Å². The van der Waals surface area contributed by atoms with Crippen LogP contribution in [0.3, 0.4) is 0 Å². The molecule has 0 bridgehead atoms. The summed E-state index contributed by atoms with van der Waals surface area (Å²) < 4.78 is 0. The molecule has 67 valence electrons. The quantitative estimate of drug-likeness (QED) is 0.580. The van der Waals surface area contributed by atoms with Gasteiger partial charge >= 0.3 is 0 Å². The van der Waals surface area contributed by atoms with Gasteiger partial charge in [0.15, 0.2) is 0 Å². The van der Waals surface area contributed by atoms with E-state index in [0.717, 1.165) is 0 Å². The van der Waals surface area contributed by atoms with Gasteiger partial charge in [-0.05, 0) is 11.5 Å². The number of hydrogen-bond acceptors (Lipinski definition) is 2. The molecule has 12 heavy (non-hydrogen) atoms. The van der Waals surface area contributed by atoms with E-state index in [1.807, 2.05) is 20.8 Å². The molecular weight excluding hydrogens is 231 g/mol. The molecule has 0 spiro atoms. The third-order valence-corrected chi connectivity index (χ3v) is 1.57. The summed E-state index contributed by atoms with van der Waals surface area (Å²) in [5, 5.41) is 2.46. The summed E-state index contributed by atoms with van der Waals surface area (Å²) in [5.41, 5.74) is -0.116. The fourth-order valence-corrected chi connectivity index (χ4v) is 0.728. The minimum absolute atomic E-state index is 0. The maximum Gasteiger partial charge on any atom is 0 e. The second kappa shape index (κ2) is 6.73. The van der Waals surface area contributed by atoms with E-state index in [-0.39, 0.29) is 50.6 Å². The fraction of sp³-hybridized carbons (Fsp3) is 0.750. The van der Waals surface area contributed by atoms with Crippen molar-refractivity contribution in [3.63, 3.8) is 0 Å². The Balaban J connectivity index is 0. The van der Waals surface area contributed by atoms with Gasteiger partial charge in [-0.2, -0.15) is 6.41 Å². The van der Waals surface area contributed by atoms with Gasteiger partial charge < -0.3 is 14.9 Å². The van der Waals surface area contributed by atoms with Crippen LogP contribution in [-0.2, 0) is 42.3 Å². The van der Waals surface area contributed by atoms with E-state index < -0.39 is 0 Å². The Kier molecular flexibility index (Phi) is 8.27. The molecule has 0 heterocycles. The Hall–Kier alpha value is 0.244. The van der Waals surface area contributed by atoms with Crippen LogP contribution in [-0.4, -0.2) is 18.7 Å². The Labute approximate surface area is 98.6 Å². The van der Waals surface area contributed by atoms with E-state index >= 15 is 0 Å². The minimum atomic E-state index is -0.169. The summed E-state index contributed by atoms with van der Waals surface area (Å²) in [5.74, 6) is 0. The monoisotopic (exact) mass is 244 g/mol. The molecule has 4 heteroatoms. The standard InChI is InChI=1S/C8H13NO2.Y/c1-8(2,3)7(4-5-10)9-6-11;/h7H,4H2,1-3H3,(H,9,11);/q-2;. The van der Waals surface area contributed by atoms with E-state index in [2.05, 4.69) is 5.32 Å². The van der Waals surface area contributed by atoms with Crippen LogP contribution in [0.4, 0.5) is 0 Å². The molecule has 0 saturated heterocycles. The van der Waals surface area contributed by atoms with E-state index in [9.17, 15) is 9.59 Å². The zero-order valence-electron chi connectivity index (χ0n) is 7.68. The first kappa shape index (κ1) is 14.8. The molecular formula is C8H13NO2Y-2. The van der Waals surface area contributed by atoms with E-state index in [1.54, 1.807) is 12.7 Å². The molecule has 0 rings (SSSR count). The molecule has 1 amide bonds. The van der Waals surface area contributed by atoms with Crippen molar-refractivity contribution in [3.8, 4) is 0 Å². The molecule has 0 aromatic heterocycles. The Bertz CT molecular complexity index is 132. The molecule has 3 nitrogen and oxygen atoms in total. The third kappa shape index (κ3) is 5.84. The largest absolute Gasteiger partial charge is 0.542 e. The molecule has 0 aliphatic heterocycles. The second-order valence-corrected chi connectivity index (χ2v) is 3.51. The summed E-state index contributed by atoms with van der Waals surface area (Å²) >= 11 is 0. The van der Waals surface area contributed by atoms with Crippen molar-refractivity contribution in [1.29, 1.82) is 0 Å². The average molecular weight is 244 g/mol. The van der Waals surface area contributed by atoms with E-state index in [0.29, 0.717) is 0 Å². The summed E-state index contributed by atoms with van der Waals surface area (Å²) in [6.07, 6.45) is 3.57. The van der Waals surface area contributed by atoms with Gasteiger partial charge in [0.25, 0.3) is 0 Å². The van der Waals surface area contributed by atoms with Crippen LogP contribution < -0.4 is 5.32 Å². The van der Waals surface area contributed by atoms with Crippen LogP contribution in [0.25, 0.3) is 0 Å². The molecule has 1 radical (unpaired) electrons. The molecule has 1 N–H and O–H groups in total. The van der Waals surface area contributed by atoms with Crippen LogP contribution in [0.2, 0.25) is 0 Å². The zero-order valence-corrected chi connectivity index (χ0v) is 10.5. The molecule has 0 aliphatic carbocycles. The van der Waals surface area contributed by atoms with Crippen molar-refractivity contribution in [1.82, 2.24) is 5.32 Å². The summed E-state index contributed by atoms with van der Waals surface area (Å²) in [6, 6.07) is -0.169. The van der Waals surface area contributed by atoms with Gasteiger partial charge in [-0.25, -0.2) is 0 Å². The Morgan fingerprint density at radius 3 is 2.08 bits per heavy atom. The number of amides is 1. The van der Waals surface area contributed by atoms with Gasteiger partial charge in [0.05, 0.1) is 0 Å². The SMILES string of the molecule is CC(C)(C)C(C[C-]=O)N[C-]=O.[Y]. The van der Waals surface area contributed by atoms with Gasteiger partial charge in [0.1, 0.15) is 0 Å². The predicted molar refractivity (Wildman–Crippen MR) is 42.4 cm³/mol. The fourth-order valence-electron chi connectivity index (χ4n) is 0.728. The number of rotatable bonds is 4. The smallest absolute Gasteiger partial charge is 0 e. The zero-order chi connectivity index (χ0) is 8.91. The summed E-state index contributed by atoms with van der Waals surface area (Å²) in [6.45, 7) is 5.83. The minimum Gasteiger partial charge on any atom is -0.542 e. The van der Waals surface area contributed by atoms with Crippen molar-refractivity contribution < 1.29 is 42.3 Å². The predicted octanol–water partition coefficient (Wildman–Crippen LogP) is 0.555. The number of carbonyl (C=O) groups excluding carboxylic acids is 2. The molecule has 0 fully saturated rings. The second-order valence-electron chi connectivity index (χ2n) is 3.51. The van der Waals surface area contributed by atoms with Crippen molar-refractivity contribution in [2.24, 2.45) is 5.41 Å². The molecule has 0 aromatic carbocycles. The van der Waals surface area contributed by atoms with Crippen LogP contribution in [0.5, 0.6) is 0 Å². The third-order valence-electron chi connectivity index (χ3n) is 1.57. The first-order valence-electron chi connectivity index (χ1n) is 3.50. The van der Waals surface area contributed by atoms with Gasteiger partial charge in [-0.3, -0.25) is 6.29 Å².